The molecule has 2 N–H and O–H groups in total. The molecule has 0 spiro atoms. The predicted octanol–water partition coefficient (Wildman–Crippen LogP) is 3.02. The number of H-pyrrole nitrogens is 1. The van der Waals surface area contributed by atoms with Crippen LogP contribution in [0.15, 0.2) is 31.9 Å². The van der Waals surface area contributed by atoms with Crippen LogP contribution in [0.25, 0.3) is 22.1 Å². The Morgan fingerprint density at radius 1 is 1.46 bits per heavy atom. The summed E-state index contributed by atoms with van der Waals surface area (Å²) < 4.78 is 6.52. The first-order chi connectivity index (χ1) is 11.5. The molecule has 0 radical (unpaired) electrons. The predicted molar refractivity (Wildman–Crippen MR) is 97.1 cm³/mol. The van der Waals surface area contributed by atoms with Gasteiger partial charge in [0.15, 0.2) is 0 Å². The number of aromatic nitrogens is 2. The van der Waals surface area contributed by atoms with Gasteiger partial charge in [0.05, 0.1) is 12.6 Å². The molecule has 0 bridgehead atoms. The summed E-state index contributed by atoms with van der Waals surface area (Å²) >= 11 is 3.43. The molecule has 2 heterocycles. The van der Waals surface area contributed by atoms with E-state index >= 15 is 0 Å². The Morgan fingerprint density at radius 3 is 3.00 bits per heavy atom. The fourth-order valence-electron chi connectivity index (χ4n) is 2.85. The van der Waals surface area contributed by atoms with E-state index in [0.29, 0.717) is 30.0 Å². The van der Waals surface area contributed by atoms with Crippen LogP contribution in [0.5, 0.6) is 0 Å². The molecule has 0 aliphatic rings. The van der Waals surface area contributed by atoms with Crippen LogP contribution in [0.3, 0.4) is 0 Å². The molecule has 128 valence electrons. The number of aliphatic hydroxyl groups excluding tert-OH is 1. The van der Waals surface area contributed by atoms with Crippen molar-refractivity contribution < 1.29 is 9.52 Å². The average Bonchev–Trinajstić information content (AvgIpc) is 2.86. The minimum Gasteiger partial charge on any atom is -0.449 e. The van der Waals surface area contributed by atoms with Crippen molar-refractivity contribution in [3.8, 4) is 0 Å². The number of fused-ring (bicyclic) bond motifs is 3. The first-order valence-electron chi connectivity index (χ1n) is 7.95. The third kappa shape index (κ3) is 3.53. The van der Waals surface area contributed by atoms with Crippen LogP contribution in [-0.4, -0.2) is 39.7 Å². The topological polar surface area (TPSA) is 82.4 Å². The maximum Gasteiger partial charge on any atom is 0.294 e. The largest absolute Gasteiger partial charge is 0.449 e. The number of nitrogens with zero attached hydrogens (tertiary/aromatic N) is 2. The zero-order chi connectivity index (χ0) is 17.3. The number of halogens is 1. The van der Waals surface area contributed by atoms with Gasteiger partial charge >= 0.3 is 0 Å². The van der Waals surface area contributed by atoms with Crippen LogP contribution in [0.4, 0.5) is 0 Å². The summed E-state index contributed by atoms with van der Waals surface area (Å²) in [6.45, 7) is 3.03. The third-order valence-electron chi connectivity index (χ3n) is 3.90. The van der Waals surface area contributed by atoms with Crippen LogP contribution >= 0.6 is 15.9 Å². The number of aliphatic hydroxyl groups is 1. The lowest BCUT2D eigenvalue weighted by molar-refractivity contribution is 0.113. The van der Waals surface area contributed by atoms with Crippen molar-refractivity contribution in [2.24, 2.45) is 0 Å². The highest BCUT2D eigenvalue weighted by Crippen LogP contribution is 2.27. The summed E-state index contributed by atoms with van der Waals surface area (Å²) in [5, 5.41) is 10.7. The highest BCUT2D eigenvalue weighted by molar-refractivity contribution is 9.10. The first-order valence-corrected chi connectivity index (χ1v) is 8.74. The summed E-state index contributed by atoms with van der Waals surface area (Å²) in [4.78, 5) is 21.6. The summed E-state index contributed by atoms with van der Waals surface area (Å²) in [7, 11) is 1.90. The number of rotatable bonds is 6. The molecule has 3 aromatic rings. The highest BCUT2D eigenvalue weighted by atomic mass is 79.9. The van der Waals surface area contributed by atoms with Gasteiger partial charge < -0.3 is 14.5 Å². The lowest BCUT2D eigenvalue weighted by Gasteiger charge is -2.19. The third-order valence-corrected chi connectivity index (χ3v) is 4.39. The Morgan fingerprint density at radius 2 is 2.25 bits per heavy atom. The SMILES string of the molecule is CCC[C@H](O)CN(C)Cc1nc2c(oc3ccc(Br)cc32)c(=O)[nH]1. The van der Waals surface area contributed by atoms with Crippen LogP contribution in [-0.2, 0) is 6.54 Å². The number of nitrogens with one attached hydrogen (secondary N) is 1. The van der Waals surface area contributed by atoms with E-state index in [1.807, 2.05) is 37.1 Å². The molecule has 24 heavy (non-hydrogen) atoms. The van der Waals surface area contributed by atoms with E-state index in [0.717, 1.165) is 22.7 Å². The minimum absolute atomic E-state index is 0.237. The lowest BCUT2D eigenvalue weighted by atomic mass is 10.2. The van der Waals surface area contributed by atoms with E-state index in [1.165, 1.54) is 0 Å². The molecule has 0 aliphatic heterocycles. The van der Waals surface area contributed by atoms with E-state index in [1.54, 1.807) is 0 Å². The van der Waals surface area contributed by atoms with Crippen molar-refractivity contribution in [2.45, 2.75) is 32.4 Å². The van der Waals surface area contributed by atoms with Gasteiger partial charge in [-0.3, -0.25) is 9.69 Å². The molecule has 3 rings (SSSR count). The molecule has 2 aromatic heterocycles. The Kier molecular flexibility index (Phi) is 5.03. The standard InChI is InChI=1S/C17H20BrN3O3/c1-3-4-11(22)8-21(2)9-14-19-15-12-7-10(18)5-6-13(12)24-16(15)17(23)20-14/h5-7,11,22H,3-4,8-9H2,1-2H3,(H,19,20,23)/t11-/m0/s1. The number of likely N-dealkylation sites (N-methyl/N-ethyl adjacent to an activating group) is 1. The second kappa shape index (κ2) is 7.04. The quantitative estimate of drug-likeness (QED) is 0.672. The molecule has 1 aromatic carbocycles. The van der Waals surface area contributed by atoms with Crippen molar-refractivity contribution in [3.05, 3.63) is 38.9 Å². The van der Waals surface area contributed by atoms with Crippen molar-refractivity contribution in [2.75, 3.05) is 13.6 Å². The molecule has 7 heteroatoms. The molecule has 0 aliphatic carbocycles. The molecule has 0 unspecified atom stereocenters. The Hall–Kier alpha value is -1.70. The van der Waals surface area contributed by atoms with Crippen molar-refractivity contribution in [3.63, 3.8) is 0 Å². The minimum atomic E-state index is -0.374. The van der Waals surface area contributed by atoms with Gasteiger partial charge in [-0.2, -0.15) is 0 Å². The summed E-state index contributed by atoms with van der Waals surface area (Å²) in [6, 6.07) is 5.57. The van der Waals surface area contributed by atoms with Crippen molar-refractivity contribution >= 4 is 38.0 Å². The number of furan rings is 1. The summed E-state index contributed by atoms with van der Waals surface area (Å²) in [5.74, 6) is 0.557. The first kappa shape index (κ1) is 17.1. The molecule has 1 atom stereocenters. The maximum absolute atomic E-state index is 12.3. The average molecular weight is 394 g/mol. The molecule has 0 saturated carbocycles. The fraction of sp³-hybridized carbons (Fsp3) is 0.412. The number of hydrogen-bond acceptors (Lipinski definition) is 5. The van der Waals surface area contributed by atoms with Gasteiger partial charge in [-0.25, -0.2) is 4.98 Å². The van der Waals surface area contributed by atoms with Crippen molar-refractivity contribution in [1.29, 1.82) is 0 Å². The van der Waals surface area contributed by atoms with Crippen molar-refractivity contribution in [1.82, 2.24) is 14.9 Å². The molecular weight excluding hydrogens is 374 g/mol. The van der Waals surface area contributed by atoms with E-state index in [2.05, 4.69) is 25.9 Å². The van der Waals surface area contributed by atoms with Gasteiger partial charge in [0.25, 0.3) is 5.56 Å². The fourth-order valence-corrected chi connectivity index (χ4v) is 3.21. The van der Waals surface area contributed by atoms with E-state index in [4.69, 9.17) is 4.42 Å². The normalized spacial score (nSPS) is 13.2. The van der Waals surface area contributed by atoms with Gasteiger partial charge in [-0.1, -0.05) is 29.3 Å². The summed E-state index contributed by atoms with van der Waals surface area (Å²) in [6.07, 6.45) is 1.32. The molecule has 0 fully saturated rings. The number of benzene rings is 1. The monoisotopic (exact) mass is 393 g/mol. The smallest absolute Gasteiger partial charge is 0.294 e. The second-order valence-electron chi connectivity index (χ2n) is 6.07. The molecule has 0 amide bonds. The van der Waals surface area contributed by atoms with Crippen LogP contribution < -0.4 is 5.56 Å². The Bertz CT molecular complexity index is 918. The van der Waals surface area contributed by atoms with E-state index in [9.17, 15) is 9.90 Å². The van der Waals surface area contributed by atoms with Gasteiger partial charge in [-0.05, 0) is 31.7 Å². The zero-order valence-electron chi connectivity index (χ0n) is 13.7. The maximum atomic E-state index is 12.3. The highest BCUT2D eigenvalue weighted by Gasteiger charge is 2.15. The van der Waals surface area contributed by atoms with Gasteiger partial charge in [0.2, 0.25) is 5.58 Å². The van der Waals surface area contributed by atoms with Gasteiger partial charge in [0.1, 0.15) is 16.9 Å². The number of aromatic amines is 1. The Balaban J connectivity index is 1.93. The molecule has 0 saturated heterocycles. The van der Waals surface area contributed by atoms with E-state index < -0.39 is 0 Å². The number of hydrogen-bond donors (Lipinski definition) is 2. The van der Waals surface area contributed by atoms with Gasteiger partial charge in [0, 0.05) is 16.4 Å². The zero-order valence-corrected chi connectivity index (χ0v) is 15.3. The second-order valence-corrected chi connectivity index (χ2v) is 6.99. The summed E-state index contributed by atoms with van der Waals surface area (Å²) in [5.41, 5.74) is 1.15. The lowest BCUT2D eigenvalue weighted by Crippen LogP contribution is -2.30. The van der Waals surface area contributed by atoms with Crippen LogP contribution in [0, 0.1) is 0 Å². The van der Waals surface area contributed by atoms with E-state index in [-0.39, 0.29) is 17.2 Å². The molecular formula is C17H20BrN3O3. The Labute approximate surface area is 147 Å². The molecule has 6 nitrogen and oxygen atoms in total. The van der Waals surface area contributed by atoms with Crippen LogP contribution in [0.2, 0.25) is 0 Å². The van der Waals surface area contributed by atoms with Gasteiger partial charge in [-0.15, -0.1) is 0 Å². The van der Waals surface area contributed by atoms with Crippen LogP contribution in [0.1, 0.15) is 25.6 Å².